The van der Waals surface area contributed by atoms with E-state index in [0.717, 1.165) is 0 Å². The van der Waals surface area contributed by atoms with Crippen LogP contribution in [0, 0.1) is 5.41 Å². The fraction of sp³-hybridized carbons (Fsp3) is 0.280. The molecule has 3 aromatic rings. The molecule has 0 unspecified atom stereocenters. The number of carbonyl (C=O) groups excluding carboxylic acids is 3. The number of hydrogen-bond acceptors (Lipinski definition) is 6. The third-order valence-electron chi connectivity index (χ3n) is 6.56. The number of halogens is 1. The Morgan fingerprint density at radius 2 is 1.94 bits per heavy atom. The molecule has 3 atom stereocenters. The van der Waals surface area contributed by atoms with Crippen molar-refractivity contribution >= 4 is 29.4 Å². The monoisotopic (exact) mass is 479 g/mol. The maximum absolute atomic E-state index is 13.2. The van der Waals surface area contributed by atoms with Crippen LogP contribution in [0.25, 0.3) is 11.3 Å². The molecule has 2 saturated heterocycles. The first-order valence-corrected chi connectivity index (χ1v) is 11.2. The largest absolute Gasteiger partial charge is 0.422 e. The number of ether oxygens (including phenoxy) is 1. The number of hydrogen-bond donors (Lipinski definition) is 1. The molecule has 5 rings (SSSR count). The van der Waals surface area contributed by atoms with Crippen molar-refractivity contribution in [3.63, 3.8) is 0 Å². The Morgan fingerprint density at radius 3 is 2.71 bits per heavy atom. The van der Waals surface area contributed by atoms with Crippen molar-refractivity contribution in [3.8, 4) is 17.0 Å². The summed E-state index contributed by atoms with van der Waals surface area (Å²) in [6.45, 7) is 3.47. The van der Waals surface area contributed by atoms with Gasteiger partial charge in [-0.1, -0.05) is 60.1 Å². The van der Waals surface area contributed by atoms with Crippen molar-refractivity contribution < 1.29 is 23.6 Å². The molecule has 3 heterocycles. The van der Waals surface area contributed by atoms with Crippen LogP contribution >= 0.6 is 11.6 Å². The first kappa shape index (κ1) is 22.2. The van der Waals surface area contributed by atoms with E-state index in [9.17, 15) is 14.4 Å². The first-order valence-electron chi connectivity index (χ1n) is 10.9. The highest BCUT2D eigenvalue weighted by molar-refractivity contribution is 6.33. The van der Waals surface area contributed by atoms with E-state index in [1.807, 2.05) is 19.1 Å². The normalized spacial score (nSPS) is 23.5. The highest BCUT2D eigenvalue weighted by atomic mass is 35.5. The van der Waals surface area contributed by atoms with E-state index in [1.165, 1.54) is 13.2 Å². The average Bonchev–Trinajstić information content (AvgIpc) is 3.45. The predicted octanol–water partition coefficient (Wildman–Crippen LogP) is 4.36. The standard InChI is InChI=1S/C25H22ClN3O5/c1-14(30)29-19(11-25(2)12-21(31)27-24(25)29)16-8-4-6-10-20(16)34-23(32)17-13-33-28-22(17)15-7-3-5-9-18(15)26/h3-10,13,19,24H,11-12H2,1-2H3,(H,27,31)/t19-,24-,25+/m0/s1. The quantitative estimate of drug-likeness (QED) is 0.440. The minimum Gasteiger partial charge on any atom is -0.422 e. The number of likely N-dealkylation sites (tertiary alicyclic amines) is 1. The number of nitrogens with zero attached hydrogens (tertiary/aromatic N) is 2. The Morgan fingerprint density at radius 1 is 1.21 bits per heavy atom. The molecule has 174 valence electrons. The van der Waals surface area contributed by atoms with Crippen LogP contribution in [0.15, 0.2) is 59.3 Å². The van der Waals surface area contributed by atoms with E-state index in [4.69, 9.17) is 20.9 Å². The smallest absolute Gasteiger partial charge is 0.349 e. The first-order chi connectivity index (χ1) is 16.3. The van der Waals surface area contributed by atoms with Crippen molar-refractivity contribution in [1.29, 1.82) is 0 Å². The molecule has 0 spiro atoms. The Bertz CT molecular complexity index is 1300. The highest BCUT2D eigenvalue weighted by Gasteiger charge is 2.56. The van der Waals surface area contributed by atoms with Crippen molar-refractivity contribution in [2.75, 3.05) is 0 Å². The molecule has 2 fully saturated rings. The summed E-state index contributed by atoms with van der Waals surface area (Å²) in [6, 6.07) is 13.7. The van der Waals surface area contributed by atoms with Crippen LogP contribution < -0.4 is 10.1 Å². The Labute approximate surface area is 200 Å². The van der Waals surface area contributed by atoms with Crippen LogP contribution in [0.1, 0.15) is 48.7 Å². The van der Waals surface area contributed by atoms with Crippen LogP contribution in [-0.4, -0.2) is 34.0 Å². The molecular weight excluding hydrogens is 458 g/mol. The zero-order valence-electron chi connectivity index (χ0n) is 18.6. The lowest BCUT2D eigenvalue weighted by Gasteiger charge is -2.30. The minimum atomic E-state index is -0.657. The minimum absolute atomic E-state index is 0.0727. The highest BCUT2D eigenvalue weighted by Crippen LogP contribution is 2.52. The van der Waals surface area contributed by atoms with Crippen molar-refractivity contribution in [2.24, 2.45) is 5.41 Å². The van der Waals surface area contributed by atoms with E-state index in [1.54, 1.807) is 41.3 Å². The Balaban J connectivity index is 1.47. The number of carbonyl (C=O) groups is 3. The molecule has 8 nitrogen and oxygen atoms in total. The second-order valence-corrected chi connectivity index (χ2v) is 9.34. The lowest BCUT2D eigenvalue weighted by Crippen LogP contribution is -2.46. The number of fused-ring (bicyclic) bond motifs is 1. The average molecular weight is 480 g/mol. The van der Waals surface area contributed by atoms with Gasteiger partial charge in [-0.3, -0.25) is 9.59 Å². The van der Waals surface area contributed by atoms with E-state index < -0.39 is 17.6 Å². The zero-order valence-corrected chi connectivity index (χ0v) is 19.3. The number of aromatic nitrogens is 1. The van der Waals surface area contributed by atoms with E-state index >= 15 is 0 Å². The second-order valence-electron chi connectivity index (χ2n) is 8.93. The van der Waals surface area contributed by atoms with E-state index in [2.05, 4.69) is 10.5 Å². The summed E-state index contributed by atoms with van der Waals surface area (Å²) in [4.78, 5) is 39.5. The summed E-state index contributed by atoms with van der Waals surface area (Å²) in [5.74, 6) is -0.570. The fourth-order valence-electron chi connectivity index (χ4n) is 5.04. The number of esters is 1. The van der Waals surface area contributed by atoms with Gasteiger partial charge in [0.2, 0.25) is 11.8 Å². The van der Waals surface area contributed by atoms with Crippen LogP contribution in [0.3, 0.4) is 0 Å². The third kappa shape index (κ3) is 3.64. The van der Waals surface area contributed by atoms with Gasteiger partial charge in [-0.2, -0.15) is 0 Å². The van der Waals surface area contributed by atoms with Gasteiger partial charge in [-0.15, -0.1) is 0 Å². The van der Waals surface area contributed by atoms with Crippen LogP contribution in [-0.2, 0) is 9.59 Å². The maximum atomic E-state index is 13.2. The van der Waals surface area contributed by atoms with Gasteiger partial charge in [0.25, 0.3) is 0 Å². The zero-order chi connectivity index (χ0) is 24.0. The summed E-state index contributed by atoms with van der Waals surface area (Å²) < 4.78 is 10.9. The molecule has 2 amide bonds. The molecule has 0 bridgehead atoms. The number of amides is 2. The third-order valence-corrected chi connectivity index (χ3v) is 6.89. The van der Waals surface area contributed by atoms with Gasteiger partial charge in [-0.05, 0) is 18.6 Å². The number of nitrogens with one attached hydrogen (secondary N) is 1. The lowest BCUT2D eigenvalue weighted by atomic mass is 9.83. The SMILES string of the molecule is CC(=O)N1[C@H](c2ccccc2OC(=O)c2conc2-c2ccccc2Cl)C[C@]2(C)CC(=O)N[C@@H]12. The summed E-state index contributed by atoms with van der Waals surface area (Å²) >= 11 is 6.28. The van der Waals surface area contributed by atoms with Crippen molar-refractivity contribution in [2.45, 2.75) is 38.9 Å². The molecule has 1 aromatic heterocycles. The second kappa shape index (κ2) is 8.29. The summed E-state index contributed by atoms with van der Waals surface area (Å²) in [7, 11) is 0. The maximum Gasteiger partial charge on any atom is 0.349 e. The Hall–Kier alpha value is -3.65. The van der Waals surface area contributed by atoms with Crippen LogP contribution in [0.2, 0.25) is 5.02 Å². The van der Waals surface area contributed by atoms with Gasteiger partial charge in [0.15, 0.2) is 0 Å². The molecule has 2 aliphatic rings. The van der Waals surface area contributed by atoms with Crippen molar-refractivity contribution in [1.82, 2.24) is 15.4 Å². The molecule has 0 saturated carbocycles. The summed E-state index contributed by atoms with van der Waals surface area (Å²) in [6.07, 6.45) is 1.71. The van der Waals surface area contributed by atoms with E-state index in [0.29, 0.717) is 34.7 Å². The molecule has 9 heteroatoms. The van der Waals surface area contributed by atoms with Crippen LogP contribution in [0.4, 0.5) is 0 Å². The van der Waals surface area contributed by atoms with Gasteiger partial charge in [0.1, 0.15) is 29.4 Å². The van der Waals surface area contributed by atoms with Crippen molar-refractivity contribution in [3.05, 3.63) is 70.9 Å². The molecule has 0 aliphatic carbocycles. The van der Waals surface area contributed by atoms with Gasteiger partial charge < -0.3 is 19.5 Å². The van der Waals surface area contributed by atoms with E-state index in [-0.39, 0.29) is 29.1 Å². The number of rotatable bonds is 4. The molecule has 0 radical (unpaired) electrons. The fourth-order valence-corrected chi connectivity index (χ4v) is 5.27. The Kier molecular flexibility index (Phi) is 5.40. The van der Waals surface area contributed by atoms with Gasteiger partial charge in [0.05, 0.1) is 11.1 Å². The molecule has 2 aliphatic heterocycles. The van der Waals surface area contributed by atoms with Gasteiger partial charge >= 0.3 is 5.97 Å². The summed E-state index contributed by atoms with van der Waals surface area (Å²) in [5.41, 5.74) is 1.24. The topological polar surface area (TPSA) is 102 Å². The van der Waals surface area contributed by atoms with Gasteiger partial charge in [-0.25, -0.2) is 4.79 Å². The molecule has 2 aromatic carbocycles. The molecule has 34 heavy (non-hydrogen) atoms. The summed E-state index contributed by atoms with van der Waals surface area (Å²) in [5, 5.41) is 7.30. The van der Waals surface area contributed by atoms with Crippen LogP contribution in [0.5, 0.6) is 5.75 Å². The lowest BCUT2D eigenvalue weighted by molar-refractivity contribution is -0.133. The molecular formula is C25H22ClN3O5. The number of benzene rings is 2. The predicted molar refractivity (Wildman–Crippen MR) is 123 cm³/mol. The number of para-hydroxylation sites is 1. The molecule has 1 N–H and O–H groups in total. The van der Waals surface area contributed by atoms with Gasteiger partial charge in [0, 0.05) is 29.9 Å².